The van der Waals surface area contributed by atoms with Crippen molar-refractivity contribution >= 4 is 33.8 Å². The molecule has 3 N–H and O–H groups in total. The SMILES string of the molecule is O=C(Cn1c(-c2ccccc2)ncc(NCc2ccc(-c3ccccc3)s2)c1=O)NCc1cc2cnccc2[nH]1. The van der Waals surface area contributed by atoms with E-state index in [4.69, 9.17) is 0 Å². The number of fused-ring (bicyclic) bond motifs is 1. The van der Waals surface area contributed by atoms with Crippen LogP contribution in [0.25, 0.3) is 32.7 Å². The van der Waals surface area contributed by atoms with Gasteiger partial charge in [0.15, 0.2) is 0 Å². The summed E-state index contributed by atoms with van der Waals surface area (Å²) in [6.07, 6.45) is 5.03. The zero-order chi connectivity index (χ0) is 27.3. The topological polar surface area (TPSA) is 105 Å². The van der Waals surface area contributed by atoms with E-state index in [1.54, 1.807) is 29.9 Å². The summed E-state index contributed by atoms with van der Waals surface area (Å²) in [6, 6.07) is 27.6. The molecule has 1 amide bonds. The maximum Gasteiger partial charge on any atom is 0.277 e. The number of benzene rings is 2. The van der Waals surface area contributed by atoms with Gasteiger partial charge in [-0.15, -0.1) is 11.3 Å². The number of hydrogen-bond acceptors (Lipinski definition) is 6. The highest BCUT2D eigenvalue weighted by molar-refractivity contribution is 7.15. The lowest BCUT2D eigenvalue weighted by atomic mass is 10.2. The van der Waals surface area contributed by atoms with Gasteiger partial charge >= 0.3 is 0 Å². The summed E-state index contributed by atoms with van der Waals surface area (Å²) in [5.41, 5.74) is 3.75. The van der Waals surface area contributed by atoms with Gasteiger partial charge in [-0.2, -0.15) is 0 Å². The molecule has 4 aromatic heterocycles. The number of amides is 1. The Kier molecular flexibility index (Phi) is 7.19. The van der Waals surface area contributed by atoms with Gasteiger partial charge in [-0.3, -0.25) is 19.1 Å². The molecular formula is C31H26N6O2S. The van der Waals surface area contributed by atoms with E-state index in [1.165, 1.54) is 4.57 Å². The Morgan fingerprint density at radius 2 is 1.68 bits per heavy atom. The Hall–Kier alpha value is -5.02. The Morgan fingerprint density at radius 3 is 2.45 bits per heavy atom. The largest absolute Gasteiger partial charge is 0.374 e. The number of aromatic nitrogens is 4. The Morgan fingerprint density at radius 1 is 0.900 bits per heavy atom. The van der Waals surface area contributed by atoms with Crippen molar-refractivity contribution in [3.8, 4) is 21.8 Å². The maximum absolute atomic E-state index is 13.6. The lowest BCUT2D eigenvalue weighted by molar-refractivity contribution is -0.121. The molecule has 0 aliphatic heterocycles. The van der Waals surface area contributed by atoms with Crippen molar-refractivity contribution in [3.05, 3.63) is 124 Å². The molecule has 0 atom stereocenters. The molecule has 4 heterocycles. The fourth-order valence-electron chi connectivity index (χ4n) is 4.51. The number of carbonyl (C=O) groups excluding carboxylic acids is 1. The second kappa shape index (κ2) is 11.4. The monoisotopic (exact) mass is 546 g/mol. The molecule has 6 aromatic rings. The molecule has 0 aliphatic rings. The van der Waals surface area contributed by atoms with E-state index in [1.807, 2.05) is 60.7 Å². The van der Waals surface area contributed by atoms with Crippen LogP contribution in [0.1, 0.15) is 10.6 Å². The number of H-pyrrole nitrogens is 1. The lowest BCUT2D eigenvalue weighted by Gasteiger charge is -2.14. The van der Waals surface area contributed by atoms with Crippen LogP contribution in [-0.4, -0.2) is 25.4 Å². The van der Waals surface area contributed by atoms with Gasteiger partial charge in [0.1, 0.15) is 18.1 Å². The molecule has 0 bridgehead atoms. The van der Waals surface area contributed by atoms with E-state index in [-0.39, 0.29) is 18.0 Å². The van der Waals surface area contributed by atoms with Crippen molar-refractivity contribution in [2.45, 2.75) is 19.6 Å². The van der Waals surface area contributed by atoms with Gasteiger partial charge in [0, 0.05) is 50.9 Å². The maximum atomic E-state index is 13.6. The standard InChI is InChI=1S/C31H26N6O2S/c38-29(34-17-24-15-23-16-32-14-13-26(23)36-24)20-37-30(22-9-5-2-6-10-22)35-19-27(31(37)39)33-18-25-11-12-28(40-25)21-7-3-1-4-8-21/h1-16,19,33,36H,17-18,20H2,(H,34,38). The minimum Gasteiger partial charge on any atom is -0.374 e. The van der Waals surface area contributed by atoms with E-state index in [0.29, 0.717) is 24.6 Å². The average Bonchev–Trinajstić information content (AvgIpc) is 3.64. The van der Waals surface area contributed by atoms with Crippen LogP contribution in [0.4, 0.5) is 5.69 Å². The molecule has 198 valence electrons. The molecule has 0 saturated heterocycles. The first kappa shape index (κ1) is 25.3. The minimum atomic E-state index is -0.305. The van der Waals surface area contributed by atoms with Crippen LogP contribution < -0.4 is 16.2 Å². The van der Waals surface area contributed by atoms with Crippen LogP contribution >= 0.6 is 11.3 Å². The van der Waals surface area contributed by atoms with Gasteiger partial charge in [-0.05, 0) is 29.8 Å². The smallest absolute Gasteiger partial charge is 0.277 e. The van der Waals surface area contributed by atoms with Crippen LogP contribution in [0.5, 0.6) is 0 Å². The number of nitrogens with one attached hydrogen (secondary N) is 3. The summed E-state index contributed by atoms with van der Waals surface area (Å²) in [5, 5.41) is 7.12. The van der Waals surface area contributed by atoms with Crippen LogP contribution in [0, 0.1) is 0 Å². The van der Waals surface area contributed by atoms with Crippen molar-refractivity contribution in [2.75, 3.05) is 5.32 Å². The Bertz CT molecular complexity index is 1790. The van der Waals surface area contributed by atoms with Gasteiger partial charge in [0.25, 0.3) is 5.56 Å². The zero-order valence-corrected chi connectivity index (χ0v) is 22.3. The summed E-state index contributed by atoms with van der Waals surface area (Å²) in [5.74, 6) is 0.145. The summed E-state index contributed by atoms with van der Waals surface area (Å²) < 4.78 is 1.42. The van der Waals surface area contributed by atoms with E-state index in [9.17, 15) is 9.59 Å². The average molecular weight is 547 g/mol. The minimum absolute atomic E-state index is 0.162. The number of thiophene rings is 1. The number of aromatic amines is 1. The van der Waals surface area contributed by atoms with Crippen LogP contribution in [0.2, 0.25) is 0 Å². The highest BCUT2D eigenvalue weighted by Crippen LogP contribution is 2.28. The van der Waals surface area contributed by atoms with Crippen molar-refractivity contribution in [3.63, 3.8) is 0 Å². The molecule has 40 heavy (non-hydrogen) atoms. The molecule has 6 rings (SSSR count). The van der Waals surface area contributed by atoms with Crippen molar-refractivity contribution < 1.29 is 4.79 Å². The predicted octanol–water partition coefficient (Wildman–Crippen LogP) is 5.44. The van der Waals surface area contributed by atoms with Crippen molar-refractivity contribution in [2.24, 2.45) is 0 Å². The summed E-state index contributed by atoms with van der Waals surface area (Å²) in [6.45, 7) is 0.613. The first-order chi connectivity index (χ1) is 19.6. The molecule has 8 nitrogen and oxygen atoms in total. The van der Waals surface area contributed by atoms with Gasteiger partial charge in [0.05, 0.1) is 12.7 Å². The van der Waals surface area contributed by atoms with Gasteiger partial charge in [-0.25, -0.2) is 4.98 Å². The first-order valence-electron chi connectivity index (χ1n) is 12.9. The van der Waals surface area contributed by atoms with Crippen molar-refractivity contribution in [1.29, 1.82) is 0 Å². The molecule has 0 saturated carbocycles. The Labute approximate surface area is 234 Å². The van der Waals surface area contributed by atoms with Crippen LogP contribution in [0.15, 0.2) is 108 Å². The third kappa shape index (κ3) is 5.55. The lowest BCUT2D eigenvalue weighted by Crippen LogP contribution is -2.34. The molecule has 9 heteroatoms. The quantitative estimate of drug-likeness (QED) is 0.224. The van der Waals surface area contributed by atoms with Crippen LogP contribution in [0.3, 0.4) is 0 Å². The third-order valence-corrected chi connectivity index (χ3v) is 7.64. The highest BCUT2D eigenvalue weighted by Gasteiger charge is 2.16. The number of hydrogen-bond donors (Lipinski definition) is 3. The zero-order valence-electron chi connectivity index (χ0n) is 21.5. The molecule has 0 aliphatic carbocycles. The van der Waals surface area contributed by atoms with Gasteiger partial charge < -0.3 is 15.6 Å². The summed E-state index contributed by atoms with van der Waals surface area (Å²) in [7, 11) is 0. The molecular weight excluding hydrogens is 520 g/mol. The number of rotatable bonds is 9. The number of nitrogens with zero attached hydrogens (tertiary/aromatic N) is 3. The van der Waals surface area contributed by atoms with Crippen LogP contribution in [-0.2, 0) is 24.4 Å². The second-order valence-electron chi connectivity index (χ2n) is 9.27. The normalized spacial score (nSPS) is 11.0. The molecule has 2 aromatic carbocycles. The second-order valence-corrected chi connectivity index (χ2v) is 10.4. The summed E-state index contributed by atoms with van der Waals surface area (Å²) in [4.78, 5) is 40.9. The van der Waals surface area contributed by atoms with E-state index >= 15 is 0 Å². The predicted molar refractivity (Wildman–Crippen MR) is 159 cm³/mol. The number of carbonyl (C=O) groups is 1. The molecule has 0 spiro atoms. The highest BCUT2D eigenvalue weighted by atomic mass is 32.1. The van der Waals surface area contributed by atoms with E-state index in [2.05, 4.69) is 49.9 Å². The fourth-order valence-corrected chi connectivity index (χ4v) is 5.46. The molecule has 0 unspecified atom stereocenters. The number of anilines is 1. The van der Waals surface area contributed by atoms with E-state index < -0.39 is 0 Å². The number of pyridine rings is 1. The summed E-state index contributed by atoms with van der Waals surface area (Å²) >= 11 is 1.67. The first-order valence-corrected chi connectivity index (χ1v) is 13.7. The molecule has 0 radical (unpaired) electrons. The molecule has 0 fully saturated rings. The Balaban J connectivity index is 1.21. The fraction of sp³-hybridized carbons (Fsp3) is 0.0968. The third-order valence-electron chi connectivity index (χ3n) is 6.51. The van der Waals surface area contributed by atoms with Gasteiger partial charge in [-0.1, -0.05) is 60.7 Å². The van der Waals surface area contributed by atoms with Gasteiger partial charge in [0.2, 0.25) is 5.91 Å². The van der Waals surface area contributed by atoms with E-state index in [0.717, 1.165) is 37.5 Å². The van der Waals surface area contributed by atoms with Crippen molar-refractivity contribution in [1.82, 2.24) is 24.8 Å².